The first-order chi connectivity index (χ1) is 9.70. The highest BCUT2D eigenvalue weighted by Crippen LogP contribution is 2.45. The number of nitrogens with one attached hydrogen (secondary N) is 1. The van der Waals surface area contributed by atoms with Gasteiger partial charge in [-0.15, -0.1) is 0 Å². The van der Waals surface area contributed by atoms with Gasteiger partial charge in [0.1, 0.15) is 0 Å². The number of ether oxygens (including phenoxy) is 1. The first kappa shape index (κ1) is 14.0. The number of halogens is 2. The SMILES string of the molecule is CCCNC(c1cccc(F)c1F)C1CC2CCC1O2. The van der Waals surface area contributed by atoms with Gasteiger partial charge in [-0.25, -0.2) is 8.78 Å². The van der Waals surface area contributed by atoms with Crippen LogP contribution in [0.4, 0.5) is 8.78 Å². The fraction of sp³-hybridized carbons (Fsp3) is 0.625. The normalized spacial score (nSPS) is 29.9. The van der Waals surface area contributed by atoms with Crippen LogP contribution in [0, 0.1) is 17.6 Å². The fourth-order valence-electron chi connectivity index (χ4n) is 3.58. The second-order valence-corrected chi connectivity index (χ2v) is 5.85. The molecular weight excluding hydrogens is 260 g/mol. The van der Waals surface area contributed by atoms with Crippen molar-refractivity contribution in [3.63, 3.8) is 0 Å². The molecule has 2 bridgehead atoms. The molecule has 110 valence electrons. The van der Waals surface area contributed by atoms with Gasteiger partial charge in [0.15, 0.2) is 11.6 Å². The lowest BCUT2D eigenvalue weighted by atomic mass is 9.80. The van der Waals surface area contributed by atoms with Crippen LogP contribution in [0.2, 0.25) is 0 Å². The van der Waals surface area contributed by atoms with Crippen LogP contribution in [0.15, 0.2) is 18.2 Å². The Morgan fingerprint density at radius 2 is 2.20 bits per heavy atom. The maximum Gasteiger partial charge on any atom is 0.163 e. The lowest BCUT2D eigenvalue weighted by Gasteiger charge is -2.30. The smallest absolute Gasteiger partial charge is 0.163 e. The third kappa shape index (κ3) is 2.47. The Morgan fingerprint density at radius 3 is 2.85 bits per heavy atom. The van der Waals surface area contributed by atoms with Crippen LogP contribution in [0.3, 0.4) is 0 Å². The van der Waals surface area contributed by atoms with Crippen molar-refractivity contribution in [2.45, 2.75) is 50.9 Å². The van der Waals surface area contributed by atoms with Crippen LogP contribution in [0.5, 0.6) is 0 Å². The third-order valence-corrected chi connectivity index (χ3v) is 4.51. The van der Waals surface area contributed by atoms with Gasteiger partial charge in [-0.2, -0.15) is 0 Å². The van der Waals surface area contributed by atoms with Gasteiger partial charge < -0.3 is 10.1 Å². The number of hydrogen-bond donors (Lipinski definition) is 1. The number of benzene rings is 1. The fourth-order valence-corrected chi connectivity index (χ4v) is 3.58. The summed E-state index contributed by atoms with van der Waals surface area (Å²) in [6.07, 6.45) is 4.56. The van der Waals surface area contributed by atoms with Gasteiger partial charge in [0.2, 0.25) is 0 Å². The average molecular weight is 281 g/mol. The molecule has 1 N–H and O–H groups in total. The molecule has 4 heteroatoms. The molecule has 2 aliphatic heterocycles. The molecule has 0 amide bonds. The van der Waals surface area contributed by atoms with E-state index < -0.39 is 11.6 Å². The largest absolute Gasteiger partial charge is 0.375 e. The van der Waals surface area contributed by atoms with Gasteiger partial charge in [-0.1, -0.05) is 19.1 Å². The molecule has 0 saturated carbocycles. The molecule has 2 heterocycles. The quantitative estimate of drug-likeness (QED) is 0.891. The van der Waals surface area contributed by atoms with E-state index in [-0.39, 0.29) is 18.1 Å². The molecule has 1 aromatic rings. The first-order valence-corrected chi connectivity index (χ1v) is 7.53. The predicted octanol–water partition coefficient (Wildman–Crippen LogP) is 3.57. The highest BCUT2D eigenvalue weighted by Gasteiger charge is 2.45. The zero-order chi connectivity index (χ0) is 14.1. The summed E-state index contributed by atoms with van der Waals surface area (Å²) < 4.78 is 33.5. The van der Waals surface area contributed by atoms with Crippen molar-refractivity contribution in [3.8, 4) is 0 Å². The Balaban J connectivity index is 1.87. The van der Waals surface area contributed by atoms with Gasteiger partial charge in [-0.3, -0.25) is 0 Å². The van der Waals surface area contributed by atoms with Gasteiger partial charge in [0.25, 0.3) is 0 Å². The molecule has 20 heavy (non-hydrogen) atoms. The number of hydrogen-bond acceptors (Lipinski definition) is 2. The standard InChI is InChI=1S/C16H21F2NO/c1-2-8-19-16(11-4-3-5-13(17)15(11)18)12-9-10-6-7-14(12)20-10/h3-5,10,12,14,16,19H,2,6-9H2,1H3. The van der Waals surface area contributed by atoms with E-state index in [0.29, 0.717) is 11.7 Å². The van der Waals surface area contributed by atoms with Crippen LogP contribution in [-0.2, 0) is 4.74 Å². The summed E-state index contributed by atoms with van der Waals surface area (Å²) in [5, 5.41) is 3.39. The minimum Gasteiger partial charge on any atom is -0.375 e. The average Bonchev–Trinajstić information content (AvgIpc) is 3.06. The number of fused-ring (bicyclic) bond motifs is 2. The summed E-state index contributed by atoms with van der Waals surface area (Å²) in [5.74, 6) is -1.24. The van der Waals surface area contributed by atoms with Crippen molar-refractivity contribution in [1.82, 2.24) is 5.32 Å². The predicted molar refractivity (Wildman–Crippen MR) is 73.4 cm³/mol. The van der Waals surface area contributed by atoms with Crippen molar-refractivity contribution in [3.05, 3.63) is 35.4 Å². The summed E-state index contributed by atoms with van der Waals surface area (Å²) in [6.45, 7) is 2.87. The van der Waals surface area contributed by atoms with Crippen LogP contribution in [0.1, 0.15) is 44.2 Å². The Labute approximate surface area is 118 Å². The first-order valence-electron chi connectivity index (χ1n) is 7.53. The number of rotatable bonds is 5. The summed E-state index contributed by atoms with van der Waals surface area (Å²) in [6, 6.07) is 4.30. The third-order valence-electron chi connectivity index (χ3n) is 4.51. The summed E-state index contributed by atoms with van der Waals surface area (Å²) >= 11 is 0. The Hall–Kier alpha value is -1.00. The molecule has 0 spiro atoms. The molecule has 0 aliphatic carbocycles. The lowest BCUT2D eigenvalue weighted by Crippen LogP contribution is -2.35. The molecule has 0 aromatic heterocycles. The Kier molecular flexibility index (Phi) is 4.03. The van der Waals surface area contributed by atoms with Crippen molar-refractivity contribution in [2.75, 3.05) is 6.54 Å². The highest BCUT2D eigenvalue weighted by atomic mass is 19.2. The molecule has 1 aromatic carbocycles. The topological polar surface area (TPSA) is 21.3 Å². The zero-order valence-electron chi connectivity index (χ0n) is 11.7. The minimum atomic E-state index is -0.769. The van der Waals surface area contributed by atoms with E-state index in [9.17, 15) is 8.78 Å². The van der Waals surface area contributed by atoms with Gasteiger partial charge in [0.05, 0.1) is 12.2 Å². The van der Waals surface area contributed by atoms with E-state index in [0.717, 1.165) is 32.2 Å². The molecule has 2 aliphatic rings. The van der Waals surface area contributed by atoms with Crippen LogP contribution in [-0.4, -0.2) is 18.8 Å². The van der Waals surface area contributed by atoms with Crippen molar-refractivity contribution < 1.29 is 13.5 Å². The second-order valence-electron chi connectivity index (χ2n) is 5.85. The van der Waals surface area contributed by atoms with Crippen LogP contribution >= 0.6 is 0 Å². The molecule has 0 radical (unpaired) electrons. The monoisotopic (exact) mass is 281 g/mol. The molecule has 2 fully saturated rings. The van der Waals surface area contributed by atoms with Crippen molar-refractivity contribution in [2.24, 2.45) is 5.92 Å². The summed E-state index contributed by atoms with van der Waals surface area (Å²) in [7, 11) is 0. The Morgan fingerprint density at radius 1 is 1.35 bits per heavy atom. The van der Waals surface area contributed by atoms with E-state index in [1.165, 1.54) is 6.07 Å². The zero-order valence-corrected chi connectivity index (χ0v) is 11.7. The van der Waals surface area contributed by atoms with E-state index in [4.69, 9.17) is 4.74 Å². The van der Waals surface area contributed by atoms with E-state index in [1.807, 2.05) is 0 Å². The lowest BCUT2D eigenvalue weighted by molar-refractivity contribution is 0.0853. The van der Waals surface area contributed by atoms with Crippen LogP contribution < -0.4 is 5.32 Å². The molecule has 3 rings (SSSR count). The van der Waals surface area contributed by atoms with Gasteiger partial charge in [0, 0.05) is 17.5 Å². The molecule has 2 saturated heterocycles. The molecule has 2 nitrogen and oxygen atoms in total. The van der Waals surface area contributed by atoms with E-state index in [1.54, 1.807) is 12.1 Å². The van der Waals surface area contributed by atoms with Gasteiger partial charge >= 0.3 is 0 Å². The Bertz CT molecular complexity index is 480. The van der Waals surface area contributed by atoms with E-state index in [2.05, 4.69) is 12.2 Å². The molecule has 4 unspecified atom stereocenters. The summed E-state index contributed by atoms with van der Waals surface area (Å²) in [5.41, 5.74) is 0.444. The van der Waals surface area contributed by atoms with E-state index >= 15 is 0 Å². The minimum absolute atomic E-state index is 0.152. The van der Waals surface area contributed by atoms with Crippen molar-refractivity contribution in [1.29, 1.82) is 0 Å². The second kappa shape index (κ2) is 5.78. The maximum atomic E-state index is 14.1. The highest BCUT2D eigenvalue weighted by molar-refractivity contribution is 5.24. The maximum absolute atomic E-state index is 14.1. The molecular formula is C16H21F2NO. The van der Waals surface area contributed by atoms with Crippen LogP contribution in [0.25, 0.3) is 0 Å². The summed E-state index contributed by atoms with van der Waals surface area (Å²) in [4.78, 5) is 0. The molecule has 4 atom stereocenters. The van der Waals surface area contributed by atoms with Gasteiger partial charge in [-0.05, 0) is 38.3 Å². The van der Waals surface area contributed by atoms with Crippen molar-refractivity contribution >= 4 is 0 Å².